The lowest BCUT2D eigenvalue weighted by molar-refractivity contribution is -0.343. The van der Waals surface area contributed by atoms with Crippen LogP contribution in [0.3, 0.4) is 0 Å². The number of nitrogens with two attached hydrogens (primary N) is 2. The number of aliphatic hydroxyl groups excluding tert-OH is 8. The molecule has 15 atom stereocenters. The first-order valence-electron chi connectivity index (χ1n) is 12.2. The third-order valence-corrected chi connectivity index (χ3v) is 7.20. The molecule has 1 aromatic rings. The summed E-state index contributed by atoms with van der Waals surface area (Å²) >= 11 is 0. The van der Waals surface area contributed by atoms with Crippen LogP contribution in [-0.2, 0) is 18.9 Å². The number of aromatic amines is 1. The van der Waals surface area contributed by atoms with Crippen molar-refractivity contribution in [3.8, 4) is 0 Å². The molecule has 0 aliphatic carbocycles. The Morgan fingerprint density at radius 1 is 0.872 bits per heavy atom. The summed E-state index contributed by atoms with van der Waals surface area (Å²) in [5, 5.41) is 82.2. The molecule has 0 amide bonds. The number of ether oxygens (including phenoxy) is 4. The van der Waals surface area contributed by atoms with Crippen molar-refractivity contribution >= 4 is 0 Å². The number of nitrogens with zero attached hydrogens (tertiary/aromatic N) is 1. The number of hydrogen-bond acceptors (Lipinski definition) is 16. The van der Waals surface area contributed by atoms with Gasteiger partial charge in [-0.2, -0.15) is 0 Å². The molecule has 3 saturated heterocycles. The van der Waals surface area contributed by atoms with Crippen molar-refractivity contribution in [1.82, 2.24) is 9.55 Å². The summed E-state index contributed by atoms with van der Waals surface area (Å²) in [6, 6.07) is -1.69. The first kappa shape index (κ1) is 30.1. The van der Waals surface area contributed by atoms with E-state index in [1.807, 2.05) is 4.98 Å². The van der Waals surface area contributed by atoms with Crippen molar-refractivity contribution in [3.63, 3.8) is 0 Å². The minimum Gasteiger partial charge on any atom is -0.394 e. The highest BCUT2D eigenvalue weighted by molar-refractivity contribution is 4.99. The van der Waals surface area contributed by atoms with Crippen molar-refractivity contribution in [2.75, 3.05) is 6.61 Å². The summed E-state index contributed by atoms with van der Waals surface area (Å²) in [6.07, 6.45) is -19.4. The lowest BCUT2D eigenvalue weighted by Crippen LogP contribution is -2.67. The van der Waals surface area contributed by atoms with Crippen LogP contribution in [0.4, 0.5) is 0 Å². The normalized spacial score (nSPS) is 45.8. The highest BCUT2D eigenvalue weighted by atomic mass is 16.8. The van der Waals surface area contributed by atoms with Crippen molar-refractivity contribution in [3.05, 3.63) is 33.1 Å². The molecule has 3 aliphatic heterocycles. The first-order valence-corrected chi connectivity index (χ1v) is 12.2. The van der Waals surface area contributed by atoms with Gasteiger partial charge in [-0.25, -0.2) is 4.79 Å². The highest BCUT2D eigenvalue weighted by Gasteiger charge is 2.51. The molecule has 0 spiro atoms. The molecule has 0 aromatic carbocycles. The van der Waals surface area contributed by atoms with Gasteiger partial charge in [-0.1, -0.05) is 0 Å². The van der Waals surface area contributed by atoms with Gasteiger partial charge in [0.05, 0.1) is 30.9 Å². The average Bonchev–Trinajstić information content (AvgIpc) is 3.19. The second kappa shape index (κ2) is 11.9. The van der Waals surface area contributed by atoms with Crippen LogP contribution in [0.15, 0.2) is 21.9 Å². The quantitative estimate of drug-likeness (QED) is 0.146. The van der Waals surface area contributed by atoms with Crippen LogP contribution in [0.25, 0.3) is 0 Å². The fraction of sp³-hybridized carbons (Fsp3) is 0.810. The predicted molar refractivity (Wildman–Crippen MR) is 123 cm³/mol. The molecule has 1 aromatic heterocycles. The lowest BCUT2D eigenvalue weighted by Gasteiger charge is -2.46. The van der Waals surface area contributed by atoms with Gasteiger partial charge in [0, 0.05) is 18.7 Å². The van der Waals surface area contributed by atoms with E-state index in [0.29, 0.717) is 0 Å². The van der Waals surface area contributed by atoms with Gasteiger partial charge in [0.1, 0.15) is 48.8 Å². The van der Waals surface area contributed by atoms with E-state index in [1.165, 1.54) is 0 Å². The minimum atomic E-state index is -1.71. The lowest BCUT2D eigenvalue weighted by atomic mass is 9.91. The van der Waals surface area contributed by atoms with Gasteiger partial charge in [-0.3, -0.25) is 14.3 Å². The van der Waals surface area contributed by atoms with Crippen LogP contribution in [0, 0.1) is 0 Å². The van der Waals surface area contributed by atoms with E-state index in [-0.39, 0.29) is 0 Å². The molecule has 3 aliphatic rings. The van der Waals surface area contributed by atoms with Crippen LogP contribution in [0.5, 0.6) is 0 Å². The van der Waals surface area contributed by atoms with E-state index >= 15 is 0 Å². The SMILES string of the molecule is NC1C(O)[C@H](O)C(CO)O[C@@H]1O[C@@H]1O[C@H](C[C@@H](O)[C@@H]2O[C@@H](n3ccc(=O)[nH]c3=O)[C@H](O)[C@@H]2O)C(O)C(O)[C@H]1N. The molecule has 0 radical (unpaired) electrons. The maximum atomic E-state index is 12.1. The molecule has 39 heavy (non-hydrogen) atoms. The van der Waals surface area contributed by atoms with Gasteiger partial charge in [0.2, 0.25) is 0 Å². The Hall–Kier alpha value is -1.88. The van der Waals surface area contributed by atoms with Crippen LogP contribution < -0.4 is 22.7 Å². The van der Waals surface area contributed by atoms with Crippen LogP contribution in [-0.4, -0.2) is 143 Å². The molecule has 18 nitrogen and oxygen atoms in total. The second-order valence-corrected chi connectivity index (χ2v) is 9.81. The maximum absolute atomic E-state index is 12.1. The topological polar surface area (TPSA) is 306 Å². The zero-order valence-corrected chi connectivity index (χ0v) is 20.4. The Bertz CT molecular complexity index is 1090. The molecule has 5 unspecified atom stereocenters. The predicted octanol–water partition coefficient (Wildman–Crippen LogP) is -7.54. The van der Waals surface area contributed by atoms with E-state index in [0.717, 1.165) is 16.8 Å². The van der Waals surface area contributed by atoms with Gasteiger partial charge < -0.3 is 71.3 Å². The van der Waals surface area contributed by atoms with Crippen molar-refractivity contribution in [2.45, 2.75) is 98.4 Å². The standard InChI is InChI=1S/C21H34N4O14/c22-9-13(31)11(29)6(36-19(9)39-20-10(23)14(32)12(30)7(4-26)37-20)3-5(27)17-15(33)16(34)18(38-17)25-2-1-8(28)24-21(25)35/h1-2,5-7,9-20,26-27,29-34H,3-4,22-23H2,(H,24,28,35)/t5-,6-,7?,9-,10?,11?,12-,13?,14?,15+,16-,17+,18-,19+,20-/m1/s1. The Morgan fingerprint density at radius 3 is 2.00 bits per heavy atom. The van der Waals surface area contributed by atoms with E-state index in [2.05, 4.69) is 0 Å². The van der Waals surface area contributed by atoms with Crippen molar-refractivity contribution < 1.29 is 59.8 Å². The van der Waals surface area contributed by atoms with Crippen molar-refractivity contribution in [2.24, 2.45) is 11.5 Å². The highest BCUT2D eigenvalue weighted by Crippen LogP contribution is 2.33. The fourth-order valence-corrected chi connectivity index (χ4v) is 4.86. The summed E-state index contributed by atoms with van der Waals surface area (Å²) < 4.78 is 22.9. The van der Waals surface area contributed by atoms with Crippen LogP contribution in [0.2, 0.25) is 0 Å². The fourth-order valence-electron chi connectivity index (χ4n) is 4.86. The van der Waals surface area contributed by atoms with Gasteiger partial charge in [-0.05, 0) is 0 Å². The number of aromatic nitrogens is 2. The number of aliphatic hydroxyl groups is 8. The van der Waals surface area contributed by atoms with Gasteiger partial charge >= 0.3 is 5.69 Å². The van der Waals surface area contributed by atoms with Crippen molar-refractivity contribution in [1.29, 1.82) is 0 Å². The first-order chi connectivity index (χ1) is 18.3. The summed E-state index contributed by atoms with van der Waals surface area (Å²) in [4.78, 5) is 25.4. The molecule has 0 bridgehead atoms. The molecule has 18 heteroatoms. The zero-order valence-electron chi connectivity index (χ0n) is 20.4. The monoisotopic (exact) mass is 566 g/mol. The number of H-pyrrole nitrogens is 1. The molecule has 0 saturated carbocycles. The maximum Gasteiger partial charge on any atom is 0.330 e. The molecular weight excluding hydrogens is 532 g/mol. The molecule has 222 valence electrons. The Labute approximate surface area is 219 Å². The Kier molecular flexibility index (Phi) is 9.20. The molecule has 13 N–H and O–H groups in total. The average molecular weight is 567 g/mol. The summed E-state index contributed by atoms with van der Waals surface area (Å²) in [5.41, 5.74) is 10.2. The smallest absolute Gasteiger partial charge is 0.330 e. The Balaban J connectivity index is 1.45. The third kappa shape index (κ3) is 5.80. The molecule has 3 fully saturated rings. The Morgan fingerprint density at radius 2 is 1.44 bits per heavy atom. The minimum absolute atomic E-state index is 0.495. The summed E-state index contributed by atoms with van der Waals surface area (Å²) in [6.45, 7) is -0.680. The number of hydrogen-bond donors (Lipinski definition) is 11. The van der Waals surface area contributed by atoms with E-state index in [9.17, 15) is 50.4 Å². The van der Waals surface area contributed by atoms with Gasteiger partial charge in [0.15, 0.2) is 18.8 Å². The summed E-state index contributed by atoms with van der Waals surface area (Å²) in [5.74, 6) is 0. The van der Waals surface area contributed by atoms with Crippen LogP contribution in [0.1, 0.15) is 12.6 Å². The van der Waals surface area contributed by atoms with E-state index in [4.69, 9.17) is 30.4 Å². The summed E-state index contributed by atoms with van der Waals surface area (Å²) in [7, 11) is 0. The largest absolute Gasteiger partial charge is 0.394 e. The second-order valence-electron chi connectivity index (χ2n) is 9.81. The van der Waals surface area contributed by atoms with E-state index < -0.39 is 116 Å². The van der Waals surface area contributed by atoms with Gasteiger partial charge in [0.25, 0.3) is 5.56 Å². The number of nitrogens with one attached hydrogen (secondary N) is 1. The van der Waals surface area contributed by atoms with Gasteiger partial charge in [-0.15, -0.1) is 0 Å². The van der Waals surface area contributed by atoms with Crippen LogP contribution >= 0.6 is 0 Å². The molecule has 4 rings (SSSR count). The third-order valence-electron chi connectivity index (χ3n) is 7.20. The molecular formula is C21H34N4O14. The number of rotatable bonds is 7. The molecule has 4 heterocycles. The zero-order chi connectivity index (χ0) is 28.8. The van der Waals surface area contributed by atoms with E-state index in [1.54, 1.807) is 0 Å².